The van der Waals surface area contributed by atoms with Gasteiger partial charge in [-0.25, -0.2) is 0 Å². The highest BCUT2D eigenvalue weighted by Gasteiger charge is 2.18. The highest BCUT2D eigenvalue weighted by Crippen LogP contribution is 2.43. The van der Waals surface area contributed by atoms with Crippen molar-refractivity contribution in [3.8, 4) is 33.8 Å². The molecule has 5 N–H and O–H groups in total. The number of aromatic amines is 1. The zero-order chi connectivity index (χ0) is 21.5. The van der Waals surface area contributed by atoms with E-state index in [1.807, 2.05) is 60.7 Å². The largest absolute Gasteiger partial charge is 0.497 e. The summed E-state index contributed by atoms with van der Waals surface area (Å²) in [6.07, 6.45) is 0. The van der Waals surface area contributed by atoms with Crippen molar-refractivity contribution in [2.45, 2.75) is 0 Å². The molecule has 0 fully saturated rings. The van der Waals surface area contributed by atoms with Crippen LogP contribution in [0.25, 0.3) is 44.1 Å². The number of benzene rings is 4. The molecule has 0 saturated heterocycles. The van der Waals surface area contributed by atoms with Gasteiger partial charge in [-0.2, -0.15) is 0 Å². The average Bonchev–Trinajstić information content (AvgIpc) is 3.15. The molecule has 154 valence electrons. The minimum atomic E-state index is 0.711. The van der Waals surface area contributed by atoms with Gasteiger partial charge in [0.15, 0.2) is 0 Å². The molecule has 0 bridgehead atoms. The van der Waals surface area contributed by atoms with E-state index in [1.165, 1.54) is 0 Å². The van der Waals surface area contributed by atoms with Gasteiger partial charge in [0.2, 0.25) is 0 Å². The lowest BCUT2D eigenvalue weighted by Gasteiger charge is -2.15. The standard InChI is InChI=1S/C26H23N3O2/c1-30-18-8-3-15(4-9-18)21-14-22-20-12-7-17(27)13-23(20)29-26(22)24(25(21)28)16-5-10-19(31-2)11-6-16/h3-14,29H,27-28H2,1-2H3. The maximum absolute atomic E-state index is 6.80. The van der Waals surface area contributed by atoms with Crippen molar-refractivity contribution in [1.29, 1.82) is 0 Å². The predicted octanol–water partition coefficient (Wildman–Crippen LogP) is 5.84. The second kappa shape index (κ2) is 7.29. The first-order valence-electron chi connectivity index (χ1n) is 10.0. The molecule has 31 heavy (non-hydrogen) atoms. The number of hydrogen-bond donors (Lipinski definition) is 3. The SMILES string of the molecule is COc1ccc(-c2cc3c([nH]c4cc(N)ccc43)c(-c3ccc(OC)cc3)c2N)cc1. The number of nitrogens with one attached hydrogen (secondary N) is 1. The molecular formula is C26H23N3O2. The summed E-state index contributed by atoms with van der Waals surface area (Å²) in [6.45, 7) is 0. The van der Waals surface area contributed by atoms with Crippen molar-refractivity contribution in [3.05, 3.63) is 72.8 Å². The molecule has 5 nitrogen and oxygen atoms in total. The first kappa shape index (κ1) is 18.9. The van der Waals surface area contributed by atoms with Gasteiger partial charge in [0.1, 0.15) is 11.5 Å². The summed E-state index contributed by atoms with van der Waals surface area (Å²) in [7, 11) is 3.32. The Morgan fingerprint density at radius 2 is 1.29 bits per heavy atom. The Bertz CT molecular complexity index is 1400. The van der Waals surface area contributed by atoms with Crippen LogP contribution in [0, 0.1) is 0 Å². The zero-order valence-electron chi connectivity index (χ0n) is 17.4. The van der Waals surface area contributed by atoms with Gasteiger partial charge >= 0.3 is 0 Å². The van der Waals surface area contributed by atoms with E-state index in [1.54, 1.807) is 14.2 Å². The van der Waals surface area contributed by atoms with Crippen molar-refractivity contribution in [2.75, 3.05) is 25.7 Å². The highest BCUT2D eigenvalue weighted by molar-refractivity contribution is 6.17. The number of ether oxygens (including phenoxy) is 2. The Morgan fingerprint density at radius 1 is 0.677 bits per heavy atom. The van der Waals surface area contributed by atoms with Crippen LogP contribution in [0.5, 0.6) is 11.5 Å². The van der Waals surface area contributed by atoms with E-state index in [0.29, 0.717) is 11.4 Å². The quantitative estimate of drug-likeness (QED) is 0.326. The molecule has 5 aromatic rings. The van der Waals surface area contributed by atoms with Crippen molar-refractivity contribution < 1.29 is 9.47 Å². The van der Waals surface area contributed by atoms with Gasteiger partial charge in [-0.1, -0.05) is 30.3 Å². The normalized spacial score (nSPS) is 11.2. The van der Waals surface area contributed by atoms with Crippen LogP contribution in [0.1, 0.15) is 0 Å². The van der Waals surface area contributed by atoms with Crippen molar-refractivity contribution >= 4 is 33.2 Å². The number of aromatic nitrogens is 1. The molecule has 0 saturated carbocycles. The van der Waals surface area contributed by atoms with Gasteiger partial charge in [-0.3, -0.25) is 0 Å². The molecule has 0 atom stereocenters. The number of fused-ring (bicyclic) bond motifs is 3. The second-order valence-electron chi connectivity index (χ2n) is 7.52. The molecule has 0 aliphatic rings. The fourth-order valence-corrected chi connectivity index (χ4v) is 4.14. The minimum Gasteiger partial charge on any atom is -0.497 e. The van der Waals surface area contributed by atoms with Gasteiger partial charge < -0.3 is 25.9 Å². The number of rotatable bonds is 4. The number of anilines is 2. The van der Waals surface area contributed by atoms with Gasteiger partial charge in [-0.05, 0) is 53.6 Å². The fourth-order valence-electron chi connectivity index (χ4n) is 4.14. The Kier molecular flexibility index (Phi) is 4.44. The fraction of sp³-hybridized carbons (Fsp3) is 0.0769. The summed E-state index contributed by atoms with van der Waals surface area (Å²) >= 11 is 0. The molecule has 1 heterocycles. The maximum Gasteiger partial charge on any atom is 0.118 e. The van der Waals surface area contributed by atoms with Gasteiger partial charge in [0, 0.05) is 38.8 Å². The Labute approximate surface area is 180 Å². The summed E-state index contributed by atoms with van der Waals surface area (Å²) < 4.78 is 10.7. The summed E-state index contributed by atoms with van der Waals surface area (Å²) in [6, 6.07) is 24.0. The lowest BCUT2D eigenvalue weighted by molar-refractivity contribution is 0.415. The Hall–Kier alpha value is -4.12. The molecule has 0 spiro atoms. The lowest BCUT2D eigenvalue weighted by Crippen LogP contribution is -1.96. The molecule has 1 aromatic heterocycles. The highest BCUT2D eigenvalue weighted by atomic mass is 16.5. The van der Waals surface area contributed by atoms with E-state index in [-0.39, 0.29) is 0 Å². The number of nitrogens with two attached hydrogens (primary N) is 2. The van der Waals surface area contributed by atoms with E-state index in [9.17, 15) is 0 Å². The van der Waals surface area contributed by atoms with E-state index in [2.05, 4.69) is 17.1 Å². The number of methoxy groups -OCH3 is 2. The van der Waals surface area contributed by atoms with E-state index in [4.69, 9.17) is 20.9 Å². The number of hydrogen-bond acceptors (Lipinski definition) is 4. The van der Waals surface area contributed by atoms with Crippen LogP contribution in [-0.2, 0) is 0 Å². The smallest absolute Gasteiger partial charge is 0.118 e. The molecule has 0 amide bonds. The van der Waals surface area contributed by atoms with Crippen LogP contribution in [0.3, 0.4) is 0 Å². The summed E-state index contributed by atoms with van der Waals surface area (Å²) in [5.41, 5.74) is 20.2. The van der Waals surface area contributed by atoms with E-state index in [0.717, 1.165) is 55.6 Å². The average molecular weight is 409 g/mol. The van der Waals surface area contributed by atoms with E-state index >= 15 is 0 Å². The van der Waals surface area contributed by atoms with Crippen LogP contribution in [0.15, 0.2) is 72.8 Å². The first-order chi connectivity index (χ1) is 15.1. The maximum atomic E-state index is 6.80. The monoisotopic (exact) mass is 409 g/mol. The minimum absolute atomic E-state index is 0.711. The second-order valence-corrected chi connectivity index (χ2v) is 7.52. The van der Waals surface area contributed by atoms with Crippen molar-refractivity contribution in [3.63, 3.8) is 0 Å². The summed E-state index contributed by atoms with van der Waals surface area (Å²) in [4.78, 5) is 3.54. The predicted molar refractivity (Wildman–Crippen MR) is 129 cm³/mol. The van der Waals surface area contributed by atoms with Gasteiger partial charge in [0.25, 0.3) is 0 Å². The van der Waals surface area contributed by atoms with Crippen LogP contribution in [0.2, 0.25) is 0 Å². The molecule has 5 heteroatoms. The van der Waals surface area contributed by atoms with Crippen LogP contribution in [0.4, 0.5) is 11.4 Å². The molecule has 4 aromatic carbocycles. The Morgan fingerprint density at radius 3 is 1.90 bits per heavy atom. The number of nitrogen functional groups attached to an aromatic ring is 2. The number of H-pyrrole nitrogens is 1. The summed E-state index contributed by atoms with van der Waals surface area (Å²) in [5.74, 6) is 1.61. The molecule has 0 radical (unpaired) electrons. The van der Waals surface area contributed by atoms with Crippen LogP contribution < -0.4 is 20.9 Å². The third-order valence-electron chi connectivity index (χ3n) is 5.74. The zero-order valence-corrected chi connectivity index (χ0v) is 17.4. The third-order valence-corrected chi connectivity index (χ3v) is 5.74. The molecule has 0 unspecified atom stereocenters. The first-order valence-corrected chi connectivity index (χ1v) is 10.0. The van der Waals surface area contributed by atoms with Crippen molar-refractivity contribution in [2.24, 2.45) is 0 Å². The molecular weight excluding hydrogens is 386 g/mol. The summed E-state index contributed by atoms with van der Waals surface area (Å²) in [5, 5.41) is 2.20. The van der Waals surface area contributed by atoms with Crippen molar-refractivity contribution in [1.82, 2.24) is 4.98 Å². The topological polar surface area (TPSA) is 86.3 Å². The van der Waals surface area contributed by atoms with E-state index < -0.39 is 0 Å². The van der Waals surface area contributed by atoms with Gasteiger partial charge in [0.05, 0.1) is 19.7 Å². The molecule has 5 rings (SSSR count). The third kappa shape index (κ3) is 3.11. The van der Waals surface area contributed by atoms with Gasteiger partial charge in [-0.15, -0.1) is 0 Å². The molecule has 0 aliphatic heterocycles. The van der Waals surface area contributed by atoms with Crippen LogP contribution >= 0.6 is 0 Å². The molecule has 0 aliphatic carbocycles. The Balaban J connectivity index is 1.84. The van der Waals surface area contributed by atoms with Crippen LogP contribution in [-0.4, -0.2) is 19.2 Å². The lowest BCUT2D eigenvalue weighted by atomic mass is 9.93.